The molecule has 0 heterocycles. The first-order chi connectivity index (χ1) is 8.81. The van der Waals surface area contributed by atoms with Crippen molar-refractivity contribution >= 4 is 0 Å². The summed E-state index contributed by atoms with van der Waals surface area (Å²) in [5.41, 5.74) is 0.765. The van der Waals surface area contributed by atoms with E-state index in [1.165, 1.54) is 38.6 Å². The average molecular weight is 265 g/mol. The fourth-order valence-electron chi connectivity index (χ4n) is 4.60. The molecule has 4 unspecified atom stereocenters. The van der Waals surface area contributed by atoms with E-state index < -0.39 is 0 Å². The van der Waals surface area contributed by atoms with Crippen molar-refractivity contribution in [3.8, 4) is 0 Å². The fraction of sp³-hybridized carbons (Fsp3) is 1.00. The van der Waals surface area contributed by atoms with Crippen LogP contribution < -0.4 is 5.32 Å². The SMILES string of the molecule is CCCC(C)(CNC(C)(C)C)CC1CC2CCC1C2. The molecule has 0 aliphatic heterocycles. The molecule has 0 spiro atoms. The lowest BCUT2D eigenvalue weighted by Crippen LogP contribution is -2.43. The smallest absolute Gasteiger partial charge is 0.00967 e. The van der Waals surface area contributed by atoms with Gasteiger partial charge in [-0.15, -0.1) is 0 Å². The number of hydrogen-bond donors (Lipinski definition) is 1. The molecule has 1 nitrogen and oxygen atoms in total. The maximum atomic E-state index is 3.77. The zero-order valence-electron chi connectivity index (χ0n) is 13.9. The van der Waals surface area contributed by atoms with Crippen LogP contribution in [0.5, 0.6) is 0 Å². The van der Waals surface area contributed by atoms with Crippen LogP contribution in [0.4, 0.5) is 0 Å². The largest absolute Gasteiger partial charge is 0.312 e. The summed E-state index contributed by atoms with van der Waals surface area (Å²) in [4.78, 5) is 0. The van der Waals surface area contributed by atoms with E-state index in [0.717, 1.165) is 17.8 Å². The number of rotatable bonds is 6. The molecule has 0 saturated heterocycles. The second-order valence-corrected chi connectivity index (χ2v) is 8.80. The summed E-state index contributed by atoms with van der Waals surface area (Å²) in [6.45, 7) is 12.9. The lowest BCUT2D eigenvalue weighted by atomic mass is 9.72. The van der Waals surface area contributed by atoms with Crippen LogP contribution in [0.25, 0.3) is 0 Å². The van der Waals surface area contributed by atoms with Gasteiger partial charge in [0.05, 0.1) is 0 Å². The molecule has 0 aromatic heterocycles. The average Bonchev–Trinajstić information content (AvgIpc) is 2.88. The molecule has 0 radical (unpaired) electrons. The van der Waals surface area contributed by atoms with Gasteiger partial charge in [-0.25, -0.2) is 0 Å². The Morgan fingerprint density at radius 1 is 1.05 bits per heavy atom. The highest BCUT2D eigenvalue weighted by Crippen LogP contribution is 2.52. The van der Waals surface area contributed by atoms with Gasteiger partial charge < -0.3 is 5.32 Å². The Morgan fingerprint density at radius 3 is 2.26 bits per heavy atom. The molecule has 0 amide bonds. The van der Waals surface area contributed by atoms with E-state index in [2.05, 4.69) is 39.9 Å². The van der Waals surface area contributed by atoms with E-state index in [-0.39, 0.29) is 5.54 Å². The predicted molar refractivity (Wildman–Crippen MR) is 84.3 cm³/mol. The molecular formula is C18H35N. The van der Waals surface area contributed by atoms with Gasteiger partial charge in [0.2, 0.25) is 0 Å². The van der Waals surface area contributed by atoms with Crippen molar-refractivity contribution in [3.05, 3.63) is 0 Å². The Balaban J connectivity index is 1.90. The summed E-state index contributed by atoms with van der Waals surface area (Å²) in [7, 11) is 0. The van der Waals surface area contributed by atoms with Crippen molar-refractivity contribution in [2.45, 2.75) is 85.1 Å². The van der Waals surface area contributed by atoms with Crippen molar-refractivity contribution in [3.63, 3.8) is 0 Å². The molecule has 1 heteroatoms. The quantitative estimate of drug-likeness (QED) is 0.712. The third-order valence-corrected chi connectivity index (χ3v) is 5.54. The summed E-state index contributed by atoms with van der Waals surface area (Å²) < 4.78 is 0. The predicted octanol–water partition coefficient (Wildman–Crippen LogP) is 5.01. The van der Waals surface area contributed by atoms with Gasteiger partial charge in [-0.3, -0.25) is 0 Å². The van der Waals surface area contributed by atoms with Crippen LogP contribution in [0.1, 0.15) is 79.6 Å². The zero-order chi connectivity index (χ0) is 14.1. The van der Waals surface area contributed by atoms with Crippen LogP contribution in [0.2, 0.25) is 0 Å². The molecule has 2 rings (SSSR count). The summed E-state index contributed by atoms with van der Waals surface area (Å²) in [5.74, 6) is 3.21. The minimum absolute atomic E-state index is 0.254. The monoisotopic (exact) mass is 265 g/mol. The Morgan fingerprint density at radius 2 is 1.79 bits per heavy atom. The number of hydrogen-bond acceptors (Lipinski definition) is 1. The molecule has 0 aromatic carbocycles. The van der Waals surface area contributed by atoms with E-state index >= 15 is 0 Å². The van der Waals surface area contributed by atoms with Crippen molar-refractivity contribution in [1.29, 1.82) is 0 Å². The molecule has 4 atom stereocenters. The van der Waals surface area contributed by atoms with Crippen LogP contribution in [-0.4, -0.2) is 12.1 Å². The molecule has 2 saturated carbocycles. The summed E-state index contributed by atoms with van der Waals surface area (Å²) in [5, 5.41) is 3.77. The summed E-state index contributed by atoms with van der Waals surface area (Å²) >= 11 is 0. The zero-order valence-corrected chi connectivity index (χ0v) is 13.9. The lowest BCUT2D eigenvalue weighted by Gasteiger charge is -2.37. The lowest BCUT2D eigenvalue weighted by molar-refractivity contribution is 0.160. The van der Waals surface area contributed by atoms with E-state index in [1.54, 1.807) is 12.8 Å². The van der Waals surface area contributed by atoms with Crippen LogP contribution in [0.15, 0.2) is 0 Å². The maximum absolute atomic E-state index is 3.77. The van der Waals surface area contributed by atoms with Crippen molar-refractivity contribution in [2.24, 2.45) is 23.2 Å². The summed E-state index contributed by atoms with van der Waals surface area (Å²) in [6.07, 6.45) is 10.3. The minimum atomic E-state index is 0.254. The maximum Gasteiger partial charge on any atom is 0.00967 e. The highest BCUT2D eigenvalue weighted by molar-refractivity contribution is 4.93. The molecule has 0 aromatic rings. The van der Waals surface area contributed by atoms with E-state index in [4.69, 9.17) is 0 Å². The molecule has 1 N–H and O–H groups in total. The third kappa shape index (κ3) is 4.21. The van der Waals surface area contributed by atoms with Gasteiger partial charge in [0.1, 0.15) is 0 Å². The highest BCUT2D eigenvalue weighted by atomic mass is 15.0. The second-order valence-electron chi connectivity index (χ2n) is 8.80. The van der Waals surface area contributed by atoms with Crippen LogP contribution >= 0.6 is 0 Å². The van der Waals surface area contributed by atoms with E-state index in [1.807, 2.05) is 0 Å². The number of fused-ring (bicyclic) bond motifs is 2. The third-order valence-electron chi connectivity index (χ3n) is 5.54. The normalized spacial score (nSPS) is 33.6. The Labute approximate surface area is 120 Å². The molecule has 19 heavy (non-hydrogen) atoms. The Bertz CT molecular complexity index is 291. The highest BCUT2D eigenvalue weighted by Gasteiger charge is 2.42. The van der Waals surface area contributed by atoms with Gasteiger partial charge in [0.15, 0.2) is 0 Å². The van der Waals surface area contributed by atoms with Crippen LogP contribution in [-0.2, 0) is 0 Å². The van der Waals surface area contributed by atoms with Gasteiger partial charge in [-0.1, -0.05) is 26.7 Å². The summed E-state index contributed by atoms with van der Waals surface area (Å²) in [6, 6.07) is 0. The van der Waals surface area contributed by atoms with Gasteiger partial charge in [0, 0.05) is 12.1 Å². The van der Waals surface area contributed by atoms with Gasteiger partial charge >= 0.3 is 0 Å². The molecule has 2 aliphatic carbocycles. The first-order valence-electron chi connectivity index (χ1n) is 8.56. The van der Waals surface area contributed by atoms with Gasteiger partial charge in [-0.05, 0) is 76.0 Å². The topological polar surface area (TPSA) is 12.0 Å². The minimum Gasteiger partial charge on any atom is -0.312 e. The molecule has 2 aliphatic rings. The molecule has 112 valence electrons. The second kappa shape index (κ2) is 5.76. The molecule has 2 fully saturated rings. The fourth-order valence-corrected chi connectivity index (χ4v) is 4.60. The van der Waals surface area contributed by atoms with Gasteiger partial charge in [-0.2, -0.15) is 0 Å². The van der Waals surface area contributed by atoms with E-state index in [9.17, 15) is 0 Å². The van der Waals surface area contributed by atoms with Gasteiger partial charge in [0.25, 0.3) is 0 Å². The number of nitrogens with one attached hydrogen (secondary N) is 1. The van der Waals surface area contributed by atoms with E-state index in [0.29, 0.717) is 5.41 Å². The Kier molecular flexibility index (Phi) is 4.65. The molecular weight excluding hydrogens is 230 g/mol. The van der Waals surface area contributed by atoms with Crippen LogP contribution in [0.3, 0.4) is 0 Å². The van der Waals surface area contributed by atoms with Crippen molar-refractivity contribution in [2.75, 3.05) is 6.54 Å². The van der Waals surface area contributed by atoms with Crippen LogP contribution in [0, 0.1) is 23.2 Å². The standard InChI is InChI=1S/C18H35N/c1-6-9-18(5,13-19-17(2,3)4)12-16-11-14-7-8-15(16)10-14/h14-16,19H,6-13H2,1-5H3. The Hall–Kier alpha value is -0.0400. The first kappa shape index (κ1) is 15.4. The molecule has 2 bridgehead atoms. The first-order valence-corrected chi connectivity index (χ1v) is 8.56. The van der Waals surface area contributed by atoms with Crippen molar-refractivity contribution < 1.29 is 0 Å². The van der Waals surface area contributed by atoms with Crippen molar-refractivity contribution in [1.82, 2.24) is 5.32 Å².